The molecule has 0 unspecified atom stereocenters. The largest absolute Gasteiger partial charge is 0.309 e. The molecule has 132 heavy (non-hydrogen) atoms. The molecule has 0 atom stereocenters. The third kappa shape index (κ3) is 17.4. The zero-order valence-electron chi connectivity index (χ0n) is 86.2. The highest BCUT2D eigenvalue weighted by Gasteiger charge is 2.37. The van der Waals surface area contributed by atoms with Crippen LogP contribution >= 0.6 is 0 Å². The van der Waals surface area contributed by atoms with Gasteiger partial charge in [0.1, 0.15) is 0 Å². The van der Waals surface area contributed by atoms with Gasteiger partial charge in [-0.2, -0.15) is 0 Å². The number of rotatable bonds is 0. The molecule has 0 spiro atoms. The fourth-order valence-electron chi connectivity index (χ4n) is 21.2. The molecule has 3 heteroatoms. The highest BCUT2D eigenvalue weighted by molar-refractivity contribution is 6.14. The molecule has 0 radical (unpaired) electrons. The Morgan fingerprint density at radius 1 is 0.144 bits per heavy atom. The molecule has 6 aliphatic carbocycles. The first-order valence-corrected chi connectivity index (χ1v) is 51.8. The lowest BCUT2D eigenvalue weighted by Crippen LogP contribution is -2.09. The minimum Gasteiger partial charge on any atom is -0.309 e. The Morgan fingerprint density at radius 3 is 0.780 bits per heavy atom. The highest BCUT2D eigenvalue weighted by atomic mass is 15.0. The van der Waals surface area contributed by atoms with Gasteiger partial charge < -0.3 is 13.7 Å². The molecule has 684 valence electrons. The van der Waals surface area contributed by atoms with Crippen LogP contribution < -0.4 is 0 Å². The van der Waals surface area contributed by atoms with E-state index in [0.717, 1.165) is 57.8 Å². The molecule has 0 N–H and O–H groups in total. The summed E-state index contributed by atoms with van der Waals surface area (Å²) in [5.41, 5.74) is 56.3. The van der Waals surface area contributed by atoms with Gasteiger partial charge in [0, 0.05) is 51.6 Å². The van der Waals surface area contributed by atoms with Crippen LogP contribution in [-0.2, 0) is 57.8 Å². The lowest BCUT2D eigenvalue weighted by Gasteiger charge is -2.24. The Kier molecular flexibility index (Phi) is 36.8. The van der Waals surface area contributed by atoms with E-state index in [0.29, 0.717) is 0 Å². The monoisotopic (exact) mass is 1740 g/mol. The van der Waals surface area contributed by atoms with E-state index in [1.807, 2.05) is 208 Å². The van der Waals surface area contributed by atoms with Crippen LogP contribution in [0.2, 0.25) is 0 Å². The minimum atomic E-state index is 0.999. The topological polar surface area (TPSA) is 14.8 Å². The van der Waals surface area contributed by atoms with Crippen molar-refractivity contribution in [2.75, 3.05) is 0 Å². The van der Waals surface area contributed by atoms with Gasteiger partial charge in [0.15, 0.2) is 0 Å². The van der Waals surface area contributed by atoms with E-state index in [-0.39, 0.29) is 0 Å². The van der Waals surface area contributed by atoms with Crippen LogP contribution in [-0.4, -0.2) is 13.7 Å². The Hall–Kier alpha value is -12.3. The van der Waals surface area contributed by atoms with Crippen molar-refractivity contribution in [3.63, 3.8) is 0 Å². The first-order valence-electron chi connectivity index (χ1n) is 51.8. The van der Waals surface area contributed by atoms with E-state index in [2.05, 4.69) is 287 Å². The van der Waals surface area contributed by atoms with Crippen LogP contribution in [0.3, 0.4) is 0 Å². The lowest BCUT2D eigenvalue weighted by atomic mass is 9.89. The van der Waals surface area contributed by atoms with Gasteiger partial charge in [-0.1, -0.05) is 426 Å². The molecule has 0 amide bonds. The fourth-order valence-corrected chi connectivity index (χ4v) is 21.2. The van der Waals surface area contributed by atoms with Gasteiger partial charge in [-0.05, 0) is 260 Å². The number of benzene rings is 15. The number of aromatic nitrogens is 3. The Bertz CT molecular complexity index is 6820. The number of para-hydroxylation sites is 6. The number of hydrogen-bond acceptors (Lipinski definition) is 0. The first kappa shape index (κ1) is 102. The van der Waals surface area contributed by atoms with Crippen LogP contribution in [0.5, 0.6) is 0 Å². The molecule has 0 fully saturated rings. The molecule has 6 heterocycles. The smallest absolute Gasteiger partial charge is 0.0576 e. The van der Waals surface area contributed by atoms with E-state index in [1.54, 1.807) is 11.1 Å². The predicted octanol–water partition coefficient (Wildman–Crippen LogP) is 38.9. The van der Waals surface area contributed by atoms with E-state index in [4.69, 9.17) is 0 Å². The third-order valence-corrected chi connectivity index (χ3v) is 25.4. The van der Waals surface area contributed by atoms with Crippen molar-refractivity contribution in [1.82, 2.24) is 13.7 Å². The normalized spacial score (nSPS) is 11.6. The zero-order chi connectivity index (χ0) is 95.9. The second-order valence-electron chi connectivity index (χ2n) is 30.3. The summed E-state index contributed by atoms with van der Waals surface area (Å²) < 4.78 is 7.58. The number of fused-ring (bicyclic) bond motifs is 37. The molecule has 15 aromatic carbocycles. The van der Waals surface area contributed by atoms with Crippen LogP contribution in [0.25, 0.3) is 149 Å². The van der Waals surface area contributed by atoms with Crippen molar-refractivity contribution in [1.29, 1.82) is 0 Å². The summed E-state index contributed by atoms with van der Waals surface area (Å²) in [6, 6.07) is 103. The van der Waals surface area contributed by atoms with Gasteiger partial charge in [-0.25, -0.2) is 0 Å². The van der Waals surface area contributed by atoms with E-state index < -0.39 is 0 Å². The average molecular weight is 1750 g/mol. The van der Waals surface area contributed by atoms with Gasteiger partial charge >= 0.3 is 0 Å². The van der Waals surface area contributed by atoms with Crippen molar-refractivity contribution in [2.45, 2.75) is 265 Å². The van der Waals surface area contributed by atoms with Crippen LogP contribution in [0.1, 0.15) is 308 Å². The van der Waals surface area contributed by atoms with Crippen molar-refractivity contribution in [3.8, 4) is 83.8 Å². The molecule has 3 nitrogen and oxygen atoms in total. The lowest BCUT2D eigenvalue weighted by molar-refractivity contribution is 1.04. The van der Waals surface area contributed by atoms with Gasteiger partial charge in [-0.3, -0.25) is 0 Å². The van der Waals surface area contributed by atoms with E-state index in [9.17, 15) is 0 Å². The summed E-state index contributed by atoms with van der Waals surface area (Å²) in [5, 5.41) is 8.16. The van der Waals surface area contributed by atoms with Gasteiger partial charge in [-0.15, -0.1) is 0 Å². The summed E-state index contributed by atoms with van der Waals surface area (Å²) in [6.07, 6.45) is 9.32. The average Bonchev–Trinajstić information content (AvgIpc) is 1.55. The predicted molar refractivity (Wildman–Crippen MR) is 590 cm³/mol. The summed E-state index contributed by atoms with van der Waals surface area (Å²) in [5.74, 6) is 0. The Labute approximate surface area is 796 Å². The van der Waals surface area contributed by atoms with Crippen molar-refractivity contribution >= 4 is 65.4 Å². The standard InChI is InChI=1S/3C33H21N.15C2H6/c1-2-8-22-19(6-1)16-27-23(22)13-14-25-28(27)17-20-12-15-31-29(32(20)25)18-21-7-5-10-26-24-9-3-4-11-30(24)34(31)33(21)26;1-2-8-24-19(6-1)14-22-16-23-15-20-12-13-31-29(32(20)28(23)18-27(22)24)17-21-7-5-10-26-25-9-3-4-11-30(25)34(31)33(21)26;1-2-8-24-19(6-1)14-22-18-28-23(17-27(22)24)15-20-12-13-31-29(32(20)28)16-21-7-5-10-26-25-9-3-4-11-30(25)34(31)33(21)26;15*1-2/h1-15H,16-18H2;1-13,16,18H,14-15,17H2;1-13,17-18H,14-16H2;15*1-2H3. The first-order chi connectivity index (χ1) is 65.6. The molecule has 3 aromatic heterocycles. The molecule has 3 aliphatic heterocycles. The molecule has 0 saturated carbocycles. The minimum absolute atomic E-state index is 0.999. The Balaban J connectivity index is 0.000000180. The zero-order valence-corrected chi connectivity index (χ0v) is 86.2. The van der Waals surface area contributed by atoms with Crippen LogP contribution in [0.15, 0.2) is 273 Å². The molecule has 27 rings (SSSR count). The number of nitrogens with zero attached hydrogens (tertiary/aromatic N) is 3. The second kappa shape index (κ2) is 47.7. The Morgan fingerprint density at radius 2 is 0.386 bits per heavy atom. The maximum Gasteiger partial charge on any atom is 0.0576 e. The summed E-state index contributed by atoms with van der Waals surface area (Å²) in [6.45, 7) is 60.0. The summed E-state index contributed by atoms with van der Waals surface area (Å²) in [4.78, 5) is 0. The van der Waals surface area contributed by atoms with Gasteiger partial charge in [0.2, 0.25) is 0 Å². The third-order valence-electron chi connectivity index (χ3n) is 25.4. The summed E-state index contributed by atoms with van der Waals surface area (Å²) >= 11 is 0. The fraction of sp³-hybridized carbons (Fsp3) is 0.302. The van der Waals surface area contributed by atoms with Gasteiger partial charge in [0.25, 0.3) is 0 Å². The van der Waals surface area contributed by atoms with Crippen molar-refractivity contribution in [3.05, 3.63) is 373 Å². The van der Waals surface area contributed by atoms with Crippen LogP contribution in [0, 0.1) is 0 Å². The van der Waals surface area contributed by atoms with Crippen molar-refractivity contribution < 1.29 is 0 Å². The maximum absolute atomic E-state index is 2.53. The SMILES string of the molecule is CC.CC.CC.CC.CC.CC.CC.CC.CC.CC.CC.CC.CC.CC.CC.c1ccc2c(c1)Cc1c-2ccc2c1Cc1ccc3c(c1-2)Cc1cccc2c4ccccc4n-3c12.c1ccc2c(c1)Cc1cc3c(cc1-2)-c1c(ccc2c1Cc1cccc4c5ccccc5n-2c14)C3.c1ccc2c(c1)Cc1cc3c(cc1-2)Cc1ccc2c(c1-3)Cc1cccc3c4ccccc4n-2c13. The summed E-state index contributed by atoms with van der Waals surface area (Å²) in [7, 11) is 0. The van der Waals surface area contributed by atoms with Gasteiger partial charge in [0.05, 0.1) is 50.2 Å². The molecule has 18 aromatic rings. The molecule has 0 bridgehead atoms. The second-order valence-corrected chi connectivity index (χ2v) is 30.3. The maximum atomic E-state index is 2.53. The van der Waals surface area contributed by atoms with E-state index >= 15 is 0 Å². The van der Waals surface area contributed by atoms with Crippen LogP contribution in [0.4, 0.5) is 0 Å². The van der Waals surface area contributed by atoms with E-state index in [1.165, 1.54) is 238 Å². The van der Waals surface area contributed by atoms with Crippen molar-refractivity contribution in [2.24, 2.45) is 0 Å². The molecular formula is C129H153N3. The molecular weight excluding hydrogens is 1590 g/mol. The molecule has 9 aliphatic rings. The number of hydrogen-bond donors (Lipinski definition) is 0. The highest BCUT2D eigenvalue weighted by Crippen LogP contribution is 2.55. The quantitative estimate of drug-likeness (QED) is 0.144. The molecule has 0 saturated heterocycles.